The van der Waals surface area contributed by atoms with Gasteiger partial charge in [0.25, 0.3) is 5.91 Å². The predicted octanol–water partition coefficient (Wildman–Crippen LogP) is 0.107. The Morgan fingerprint density at radius 2 is 2.15 bits per heavy atom. The highest BCUT2D eigenvalue weighted by atomic mass is 16.6. The molecule has 112 valence electrons. The summed E-state index contributed by atoms with van der Waals surface area (Å²) in [5, 5.41) is 24.4. The van der Waals surface area contributed by atoms with Crippen LogP contribution in [0.2, 0.25) is 0 Å². The Kier molecular flexibility index (Phi) is 7.56. The van der Waals surface area contributed by atoms with Crippen molar-refractivity contribution in [3.05, 3.63) is 21.8 Å². The summed E-state index contributed by atoms with van der Waals surface area (Å²) >= 11 is 0. The molecule has 0 aliphatic heterocycles. The lowest BCUT2D eigenvalue weighted by molar-refractivity contribution is -0.507. The number of amides is 1. The molecular weight excluding hydrogens is 270 g/mol. The first-order valence-corrected chi connectivity index (χ1v) is 5.78. The first-order valence-electron chi connectivity index (χ1n) is 5.78. The van der Waals surface area contributed by atoms with E-state index in [-0.39, 0.29) is 0 Å². The number of hydrogen-bond acceptors (Lipinski definition) is 7. The number of ether oxygens (including phenoxy) is 1. The van der Waals surface area contributed by atoms with Crippen LogP contribution in [-0.4, -0.2) is 47.4 Å². The molecular formula is C11H17N3O6. The van der Waals surface area contributed by atoms with Crippen molar-refractivity contribution in [2.45, 2.75) is 26.3 Å². The number of hydrogen-bond donors (Lipinski definition) is 2. The smallest absolute Gasteiger partial charge is 0.325 e. The minimum Gasteiger partial charge on any atom is -0.468 e. The van der Waals surface area contributed by atoms with Crippen LogP contribution in [0.25, 0.3) is 0 Å². The fourth-order valence-electron chi connectivity index (χ4n) is 1.28. The van der Waals surface area contributed by atoms with Gasteiger partial charge in [-0.05, 0) is 12.5 Å². The Balaban J connectivity index is 4.95. The molecule has 9 heteroatoms. The first-order chi connectivity index (χ1) is 9.37. The summed E-state index contributed by atoms with van der Waals surface area (Å²) in [4.78, 5) is 32.7. The summed E-state index contributed by atoms with van der Waals surface area (Å²) in [6, 6.07) is -1.01. The Bertz CT molecular complexity index is 443. The molecule has 0 aliphatic carbocycles. The number of esters is 1. The van der Waals surface area contributed by atoms with E-state index in [0.717, 1.165) is 13.2 Å². The molecule has 0 aliphatic rings. The van der Waals surface area contributed by atoms with Gasteiger partial charge in [0, 0.05) is 17.4 Å². The molecule has 0 aromatic rings. The fourth-order valence-corrected chi connectivity index (χ4v) is 1.28. The Morgan fingerprint density at radius 1 is 1.55 bits per heavy atom. The highest BCUT2D eigenvalue weighted by Crippen LogP contribution is 2.10. The third kappa shape index (κ3) is 5.46. The standard InChI is InChI=1S/C11H17N3O6/c1-4-8(7(2)14(18)19)5-9(13-17)11(16)12-6-10(15)20-3/h5,7,17H,4,6H2,1-3H3,(H,12,16)/b8-5+,13-9+. The molecule has 0 spiro atoms. The van der Waals surface area contributed by atoms with Crippen LogP contribution in [0.3, 0.4) is 0 Å². The van der Waals surface area contributed by atoms with Crippen molar-refractivity contribution in [1.82, 2.24) is 5.32 Å². The monoisotopic (exact) mass is 287 g/mol. The number of carbonyl (C=O) groups excluding carboxylic acids is 2. The van der Waals surface area contributed by atoms with Crippen LogP contribution >= 0.6 is 0 Å². The normalized spacial score (nSPS) is 13.6. The van der Waals surface area contributed by atoms with E-state index >= 15 is 0 Å². The Hall–Kier alpha value is -2.45. The molecule has 9 nitrogen and oxygen atoms in total. The average molecular weight is 287 g/mol. The van der Waals surface area contributed by atoms with E-state index in [1.807, 2.05) is 0 Å². The molecule has 0 rings (SSSR count). The van der Waals surface area contributed by atoms with Crippen molar-refractivity contribution >= 4 is 17.6 Å². The van der Waals surface area contributed by atoms with E-state index in [1.54, 1.807) is 6.92 Å². The van der Waals surface area contributed by atoms with Gasteiger partial charge in [-0.2, -0.15) is 0 Å². The van der Waals surface area contributed by atoms with E-state index in [0.29, 0.717) is 12.0 Å². The van der Waals surface area contributed by atoms with E-state index in [4.69, 9.17) is 5.21 Å². The molecule has 1 atom stereocenters. The summed E-state index contributed by atoms with van der Waals surface area (Å²) < 4.78 is 4.33. The van der Waals surface area contributed by atoms with Gasteiger partial charge >= 0.3 is 5.97 Å². The van der Waals surface area contributed by atoms with Gasteiger partial charge < -0.3 is 15.3 Å². The molecule has 1 amide bonds. The maximum absolute atomic E-state index is 11.6. The molecule has 0 bridgehead atoms. The number of rotatable bonds is 7. The highest BCUT2D eigenvalue weighted by molar-refractivity contribution is 6.43. The van der Waals surface area contributed by atoms with Crippen molar-refractivity contribution < 1.29 is 24.5 Å². The molecule has 0 aromatic heterocycles. The minimum absolute atomic E-state index is 0.311. The van der Waals surface area contributed by atoms with Crippen LogP contribution in [-0.2, 0) is 14.3 Å². The number of nitrogens with one attached hydrogen (secondary N) is 1. The molecule has 0 saturated heterocycles. The van der Waals surface area contributed by atoms with Crippen molar-refractivity contribution in [2.75, 3.05) is 13.7 Å². The average Bonchev–Trinajstić information content (AvgIpc) is 2.44. The SMILES string of the molecule is CC/C(=C\C(=N/O)C(=O)NCC(=O)OC)C(C)[N+](=O)[O-]. The second-order valence-electron chi connectivity index (χ2n) is 3.78. The molecule has 1 unspecified atom stereocenters. The number of methoxy groups -OCH3 is 1. The van der Waals surface area contributed by atoms with E-state index in [2.05, 4.69) is 15.2 Å². The van der Waals surface area contributed by atoms with Crippen molar-refractivity contribution in [3.8, 4) is 0 Å². The number of carbonyl (C=O) groups is 2. The van der Waals surface area contributed by atoms with Gasteiger partial charge in [-0.1, -0.05) is 12.1 Å². The molecule has 0 aromatic carbocycles. The van der Waals surface area contributed by atoms with Crippen LogP contribution in [0.4, 0.5) is 0 Å². The third-order valence-corrected chi connectivity index (χ3v) is 2.54. The van der Waals surface area contributed by atoms with Crippen molar-refractivity contribution in [3.63, 3.8) is 0 Å². The maximum atomic E-state index is 11.6. The van der Waals surface area contributed by atoms with Crippen LogP contribution in [0.15, 0.2) is 16.8 Å². The molecule has 0 radical (unpaired) electrons. The van der Waals surface area contributed by atoms with Gasteiger partial charge in [-0.3, -0.25) is 19.7 Å². The molecule has 20 heavy (non-hydrogen) atoms. The summed E-state index contributed by atoms with van der Waals surface area (Å²) in [5.41, 5.74) is -0.101. The lowest BCUT2D eigenvalue weighted by atomic mass is 10.0. The first kappa shape index (κ1) is 17.6. The second-order valence-corrected chi connectivity index (χ2v) is 3.78. The maximum Gasteiger partial charge on any atom is 0.325 e. The van der Waals surface area contributed by atoms with Crippen LogP contribution in [0, 0.1) is 10.1 Å². The van der Waals surface area contributed by atoms with Crippen LogP contribution in [0.1, 0.15) is 20.3 Å². The third-order valence-electron chi connectivity index (χ3n) is 2.54. The lowest BCUT2D eigenvalue weighted by Gasteiger charge is -2.08. The quantitative estimate of drug-likeness (QED) is 0.224. The Morgan fingerprint density at radius 3 is 2.55 bits per heavy atom. The summed E-state index contributed by atoms with van der Waals surface area (Å²) in [6.07, 6.45) is 1.44. The zero-order chi connectivity index (χ0) is 15.7. The summed E-state index contributed by atoms with van der Waals surface area (Å²) in [5.74, 6) is -1.51. The lowest BCUT2D eigenvalue weighted by Crippen LogP contribution is -2.35. The molecule has 2 N–H and O–H groups in total. The van der Waals surface area contributed by atoms with Crippen molar-refractivity contribution in [2.24, 2.45) is 5.16 Å². The van der Waals surface area contributed by atoms with E-state index < -0.39 is 35.1 Å². The van der Waals surface area contributed by atoms with E-state index in [9.17, 15) is 19.7 Å². The summed E-state index contributed by atoms with van der Waals surface area (Å²) in [7, 11) is 1.16. The topological polar surface area (TPSA) is 131 Å². The zero-order valence-electron chi connectivity index (χ0n) is 11.5. The number of nitro groups is 1. The van der Waals surface area contributed by atoms with Crippen LogP contribution < -0.4 is 5.32 Å². The Labute approximate surface area is 115 Å². The van der Waals surface area contributed by atoms with Crippen LogP contribution in [0.5, 0.6) is 0 Å². The van der Waals surface area contributed by atoms with Gasteiger partial charge in [0.05, 0.1) is 7.11 Å². The van der Waals surface area contributed by atoms with Crippen molar-refractivity contribution in [1.29, 1.82) is 0 Å². The van der Waals surface area contributed by atoms with Gasteiger partial charge in [0.1, 0.15) is 6.54 Å². The highest BCUT2D eigenvalue weighted by Gasteiger charge is 2.20. The van der Waals surface area contributed by atoms with Gasteiger partial charge in [-0.15, -0.1) is 0 Å². The zero-order valence-corrected chi connectivity index (χ0v) is 11.5. The molecule has 0 heterocycles. The van der Waals surface area contributed by atoms with Gasteiger partial charge in [0.15, 0.2) is 5.71 Å². The number of nitrogens with zero attached hydrogens (tertiary/aromatic N) is 2. The molecule has 0 fully saturated rings. The largest absolute Gasteiger partial charge is 0.468 e. The minimum atomic E-state index is -1.01. The fraction of sp³-hybridized carbons (Fsp3) is 0.545. The van der Waals surface area contributed by atoms with E-state index in [1.165, 1.54) is 6.92 Å². The summed E-state index contributed by atoms with van der Waals surface area (Å²) in [6.45, 7) is 2.64. The second kappa shape index (κ2) is 8.62. The van der Waals surface area contributed by atoms with Gasteiger partial charge in [0.2, 0.25) is 6.04 Å². The molecule has 0 saturated carbocycles. The predicted molar refractivity (Wildman–Crippen MR) is 69.1 cm³/mol. The number of oxime groups is 1. The van der Waals surface area contributed by atoms with Gasteiger partial charge in [-0.25, -0.2) is 0 Å².